The molecule has 0 fully saturated rings. The second kappa shape index (κ2) is 4.67. The van der Waals surface area contributed by atoms with Crippen LogP contribution < -0.4 is 5.56 Å². The fourth-order valence-corrected chi connectivity index (χ4v) is 2.65. The normalized spacial score (nSPS) is 16.4. The van der Waals surface area contributed by atoms with Crippen LogP contribution in [0.4, 0.5) is 0 Å². The summed E-state index contributed by atoms with van der Waals surface area (Å²) in [6.45, 7) is 8.07. The highest BCUT2D eigenvalue weighted by atomic mass is 16.3. The zero-order valence-corrected chi connectivity index (χ0v) is 13.2. The Morgan fingerprint density at radius 3 is 2.68 bits per heavy atom. The largest absolute Gasteiger partial charge is 0.392 e. The van der Waals surface area contributed by atoms with Gasteiger partial charge in [-0.3, -0.25) is 9.59 Å². The fraction of sp³-hybridized carbons (Fsp3) is 0.533. The monoisotopic (exact) mass is 304 g/mol. The van der Waals surface area contributed by atoms with Crippen LogP contribution in [-0.4, -0.2) is 43.2 Å². The molecule has 118 valence electrons. The van der Waals surface area contributed by atoms with Crippen molar-refractivity contribution in [3.8, 4) is 0 Å². The van der Waals surface area contributed by atoms with Crippen molar-refractivity contribution in [2.75, 3.05) is 6.54 Å². The Morgan fingerprint density at radius 1 is 1.41 bits per heavy atom. The molecule has 0 saturated heterocycles. The summed E-state index contributed by atoms with van der Waals surface area (Å²) in [4.78, 5) is 29.4. The number of nitrogens with zero attached hydrogens (tertiary/aromatic N) is 3. The van der Waals surface area contributed by atoms with Crippen LogP contribution in [0.1, 0.15) is 49.4 Å². The maximum atomic E-state index is 12.6. The number of H-pyrrole nitrogens is 1. The Kier molecular flexibility index (Phi) is 3.14. The summed E-state index contributed by atoms with van der Waals surface area (Å²) in [7, 11) is 0. The first-order valence-corrected chi connectivity index (χ1v) is 7.31. The third-order valence-electron chi connectivity index (χ3n) is 3.82. The molecule has 1 amide bonds. The first-order valence-electron chi connectivity index (χ1n) is 7.31. The minimum absolute atomic E-state index is 0.181. The van der Waals surface area contributed by atoms with Gasteiger partial charge in [-0.2, -0.15) is 9.61 Å². The number of aliphatic hydroxyl groups excluding tert-OH is 1. The van der Waals surface area contributed by atoms with Crippen LogP contribution in [0.3, 0.4) is 0 Å². The van der Waals surface area contributed by atoms with Gasteiger partial charge < -0.3 is 15.0 Å². The molecule has 1 aliphatic rings. The lowest BCUT2D eigenvalue weighted by molar-refractivity contribution is 0.0668. The van der Waals surface area contributed by atoms with E-state index in [1.807, 2.05) is 20.8 Å². The van der Waals surface area contributed by atoms with Gasteiger partial charge in [0.05, 0.1) is 23.9 Å². The van der Waals surface area contributed by atoms with E-state index in [2.05, 4.69) is 10.1 Å². The molecule has 3 heterocycles. The van der Waals surface area contributed by atoms with E-state index in [1.54, 1.807) is 13.0 Å². The number of fused-ring (bicyclic) bond motifs is 2. The zero-order chi connectivity index (χ0) is 16.2. The lowest BCUT2D eigenvalue weighted by Crippen LogP contribution is -2.31. The van der Waals surface area contributed by atoms with Gasteiger partial charge in [0.15, 0.2) is 0 Å². The molecule has 2 aromatic rings. The van der Waals surface area contributed by atoms with Gasteiger partial charge in [-0.25, -0.2) is 0 Å². The highest BCUT2D eigenvalue weighted by Gasteiger charge is 2.32. The molecule has 0 saturated carbocycles. The summed E-state index contributed by atoms with van der Waals surface area (Å²) < 4.78 is 1.32. The smallest absolute Gasteiger partial charge is 0.280 e. The zero-order valence-electron chi connectivity index (χ0n) is 13.2. The molecule has 2 aromatic heterocycles. The van der Waals surface area contributed by atoms with E-state index in [9.17, 15) is 14.7 Å². The molecule has 22 heavy (non-hydrogen) atoms. The van der Waals surface area contributed by atoms with Gasteiger partial charge in [0, 0.05) is 18.0 Å². The molecule has 3 rings (SSSR count). The lowest BCUT2D eigenvalue weighted by atomic mass is 9.93. The second-order valence-corrected chi connectivity index (χ2v) is 6.90. The van der Waals surface area contributed by atoms with Crippen molar-refractivity contribution in [1.29, 1.82) is 0 Å². The lowest BCUT2D eigenvalue weighted by Gasteiger charge is -2.16. The van der Waals surface area contributed by atoms with E-state index in [0.29, 0.717) is 16.9 Å². The number of carbonyl (C=O) groups is 1. The molecular weight excluding hydrogens is 284 g/mol. The fourth-order valence-electron chi connectivity index (χ4n) is 2.65. The number of β-amino-alcohol motifs (C(OH)–C–C–N with tert-alkyl or cyclic N) is 1. The number of hydrogen-bond donors (Lipinski definition) is 2. The van der Waals surface area contributed by atoms with Crippen LogP contribution >= 0.6 is 0 Å². The predicted molar refractivity (Wildman–Crippen MR) is 80.9 cm³/mol. The molecule has 2 N–H and O–H groups in total. The Bertz CT molecular complexity index is 811. The summed E-state index contributed by atoms with van der Waals surface area (Å²) in [5, 5.41) is 13.8. The molecule has 0 spiro atoms. The molecular formula is C15H20N4O3. The highest BCUT2D eigenvalue weighted by Crippen LogP contribution is 2.23. The van der Waals surface area contributed by atoms with Crippen molar-refractivity contribution in [3.05, 3.63) is 33.4 Å². The summed E-state index contributed by atoms with van der Waals surface area (Å²) >= 11 is 0. The molecule has 0 aliphatic carbocycles. The number of rotatable bonds is 2. The molecule has 0 unspecified atom stereocenters. The summed E-state index contributed by atoms with van der Waals surface area (Å²) in [5.74, 6) is -0.256. The minimum atomic E-state index is -0.634. The van der Waals surface area contributed by atoms with Gasteiger partial charge in [-0.1, -0.05) is 20.8 Å². The number of aromatic nitrogens is 3. The maximum absolute atomic E-state index is 12.6. The van der Waals surface area contributed by atoms with Crippen molar-refractivity contribution in [3.63, 3.8) is 0 Å². The van der Waals surface area contributed by atoms with Gasteiger partial charge >= 0.3 is 0 Å². The van der Waals surface area contributed by atoms with Gasteiger partial charge in [0.25, 0.3) is 11.5 Å². The van der Waals surface area contributed by atoms with E-state index in [4.69, 9.17) is 0 Å². The van der Waals surface area contributed by atoms with Crippen LogP contribution in [0, 0.1) is 0 Å². The predicted octanol–water partition coefficient (Wildman–Crippen LogP) is 0.657. The second-order valence-electron chi connectivity index (χ2n) is 6.90. The standard InChI is InChI=1S/C15H20N4O3/c1-8(20)6-18-7-9-12(14(18)22)16-11-5-10(15(2,3)4)17-19(11)13(9)21/h5,8,16,20H,6-7H2,1-4H3/t8-/m0/s1. The molecule has 7 heteroatoms. The van der Waals surface area contributed by atoms with Gasteiger partial charge in [0.1, 0.15) is 11.3 Å². The Labute approximate surface area is 127 Å². The summed E-state index contributed by atoms with van der Waals surface area (Å²) in [6, 6.07) is 1.80. The summed E-state index contributed by atoms with van der Waals surface area (Å²) in [6.07, 6.45) is -0.634. The topological polar surface area (TPSA) is 90.7 Å². The molecule has 0 radical (unpaired) electrons. The maximum Gasteiger partial charge on any atom is 0.280 e. The van der Waals surface area contributed by atoms with Crippen LogP contribution in [-0.2, 0) is 12.0 Å². The van der Waals surface area contributed by atoms with Crippen molar-refractivity contribution >= 4 is 11.6 Å². The molecule has 1 aliphatic heterocycles. The van der Waals surface area contributed by atoms with Crippen LogP contribution in [0.2, 0.25) is 0 Å². The number of carbonyl (C=O) groups excluding carboxylic acids is 1. The average Bonchev–Trinajstić information content (AvgIpc) is 2.94. The number of nitrogens with one attached hydrogen (secondary N) is 1. The molecule has 1 atom stereocenters. The van der Waals surface area contributed by atoms with E-state index in [0.717, 1.165) is 5.69 Å². The van der Waals surface area contributed by atoms with Crippen LogP contribution in [0.15, 0.2) is 10.9 Å². The van der Waals surface area contributed by atoms with Gasteiger partial charge in [-0.15, -0.1) is 0 Å². The molecule has 0 bridgehead atoms. The highest BCUT2D eigenvalue weighted by molar-refractivity contribution is 5.96. The first kappa shape index (κ1) is 14.8. The van der Waals surface area contributed by atoms with Gasteiger partial charge in [0.2, 0.25) is 0 Å². The first-order chi connectivity index (χ1) is 10.2. The van der Waals surface area contributed by atoms with Crippen molar-refractivity contribution < 1.29 is 9.90 Å². The third kappa shape index (κ3) is 2.21. The van der Waals surface area contributed by atoms with E-state index >= 15 is 0 Å². The average molecular weight is 304 g/mol. The van der Waals surface area contributed by atoms with Gasteiger partial charge in [-0.05, 0) is 6.92 Å². The summed E-state index contributed by atoms with van der Waals surface area (Å²) in [5.41, 5.74) is 1.55. The molecule has 0 aromatic carbocycles. The van der Waals surface area contributed by atoms with E-state index in [-0.39, 0.29) is 30.0 Å². The number of aliphatic hydroxyl groups is 1. The van der Waals surface area contributed by atoms with Crippen molar-refractivity contribution in [2.24, 2.45) is 0 Å². The van der Waals surface area contributed by atoms with Crippen molar-refractivity contribution in [2.45, 2.75) is 45.8 Å². The minimum Gasteiger partial charge on any atom is -0.392 e. The van der Waals surface area contributed by atoms with Crippen LogP contribution in [0.25, 0.3) is 5.65 Å². The number of hydrogen-bond acceptors (Lipinski definition) is 4. The van der Waals surface area contributed by atoms with E-state index < -0.39 is 6.10 Å². The van der Waals surface area contributed by atoms with Crippen LogP contribution in [0.5, 0.6) is 0 Å². The quantitative estimate of drug-likeness (QED) is 0.852. The number of aromatic amines is 1. The Morgan fingerprint density at radius 2 is 2.09 bits per heavy atom. The SMILES string of the molecule is C[C@H](O)CN1Cc2c([nH]c3cc(C(C)(C)C)nn3c2=O)C1=O. The number of amides is 1. The Balaban J connectivity index is 2.12. The van der Waals surface area contributed by atoms with E-state index in [1.165, 1.54) is 9.42 Å². The Hall–Kier alpha value is -2.15. The molecule has 7 nitrogen and oxygen atoms in total. The van der Waals surface area contributed by atoms with Crippen molar-refractivity contribution in [1.82, 2.24) is 19.5 Å². The third-order valence-corrected chi connectivity index (χ3v) is 3.82.